The van der Waals surface area contributed by atoms with Crippen LogP contribution in [0.1, 0.15) is 26.3 Å². The van der Waals surface area contributed by atoms with Crippen molar-refractivity contribution in [3.8, 4) is 0 Å². The molecule has 0 spiro atoms. The van der Waals surface area contributed by atoms with Crippen molar-refractivity contribution in [2.45, 2.75) is 6.54 Å². The number of carboxylic acid groups (broad SMARTS) is 2. The quantitative estimate of drug-likeness (QED) is 0.194. The van der Waals surface area contributed by atoms with Crippen LogP contribution in [0.25, 0.3) is 43.6 Å². The number of pyridine rings is 2. The first-order chi connectivity index (χ1) is 19.5. The van der Waals surface area contributed by atoms with Gasteiger partial charge in [-0.05, 0) is 71.9 Å². The summed E-state index contributed by atoms with van der Waals surface area (Å²) in [6.07, 6.45) is 0. The van der Waals surface area contributed by atoms with E-state index in [1.54, 1.807) is 68.7 Å². The third kappa shape index (κ3) is 5.28. The summed E-state index contributed by atoms with van der Waals surface area (Å²) in [5.74, 6) is -2.49. The van der Waals surface area contributed by atoms with Gasteiger partial charge in [0.05, 0.1) is 27.7 Å². The summed E-state index contributed by atoms with van der Waals surface area (Å²) in [4.78, 5) is 53.4. The van der Waals surface area contributed by atoms with E-state index in [2.05, 4.69) is 4.98 Å². The number of hydrogen-bond acceptors (Lipinski definition) is 5. The van der Waals surface area contributed by atoms with Gasteiger partial charge in [-0.25, -0.2) is 14.0 Å². The first kappa shape index (κ1) is 27.6. The summed E-state index contributed by atoms with van der Waals surface area (Å²) < 4.78 is 3.28. The highest BCUT2D eigenvalue weighted by Crippen LogP contribution is 2.26. The number of aromatic carboxylic acids is 2. The first-order valence-corrected chi connectivity index (χ1v) is 12.8. The summed E-state index contributed by atoms with van der Waals surface area (Å²) in [5.41, 5.74) is 1.98. The van der Waals surface area contributed by atoms with Crippen LogP contribution in [0.2, 0.25) is 0 Å². The lowest BCUT2D eigenvalue weighted by Gasteiger charge is -2.17. The third-order valence-electron chi connectivity index (χ3n) is 6.62. The second-order valence-corrected chi connectivity index (χ2v) is 10.3. The van der Waals surface area contributed by atoms with Gasteiger partial charge in [0.25, 0.3) is 0 Å². The molecule has 0 saturated carbocycles. The second kappa shape index (κ2) is 10.9. The molecule has 0 radical (unpaired) electrons. The Morgan fingerprint density at radius 2 is 1.29 bits per heavy atom. The largest absolute Gasteiger partial charge is 0.478 e. The van der Waals surface area contributed by atoms with Crippen LogP contribution in [-0.4, -0.2) is 50.2 Å². The number of para-hydroxylation sites is 2. The third-order valence-corrected chi connectivity index (χ3v) is 6.62. The van der Waals surface area contributed by atoms with E-state index >= 15 is 0 Å². The van der Waals surface area contributed by atoms with Crippen molar-refractivity contribution < 1.29 is 19.8 Å². The van der Waals surface area contributed by atoms with Gasteiger partial charge in [0.15, 0.2) is 10.9 Å². The number of carboxylic acids is 2. The van der Waals surface area contributed by atoms with E-state index in [9.17, 15) is 29.4 Å². The molecule has 0 saturated heterocycles. The van der Waals surface area contributed by atoms with E-state index in [1.807, 2.05) is 10.6 Å². The molecule has 10 heteroatoms. The molecular formula is C31H24ClN3O6. The summed E-state index contributed by atoms with van der Waals surface area (Å²) in [5, 5.41) is 20.8. The Bertz CT molecular complexity index is 2100. The van der Waals surface area contributed by atoms with Gasteiger partial charge in [0.1, 0.15) is 0 Å². The Kier molecular flexibility index (Phi) is 7.32. The topological polar surface area (TPSA) is 133 Å². The first-order valence-electron chi connectivity index (χ1n) is 12.5. The van der Waals surface area contributed by atoms with Crippen LogP contribution in [0.4, 0.5) is 0 Å². The van der Waals surface area contributed by atoms with Crippen LogP contribution in [0, 0.1) is 0 Å². The zero-order chi connectivity index (χ0) is 29.4. The molecular weight excluding hydrogens is 546 g/mol. The highest BCUT2D eigenvalue weighted by molar-refractivity contribution is 6.12. The monoisotopic (exact) mass is 569 g/mol. The number of nitrogens with one attached hydrogen (secondary N) is 1. The van der Waals surface area contributed by atoms with E-state index in [4.69, 9.17) is 11.8 Å². The number of rotatable bonds is 4. The number of carbonyl (C=O) groups is 2. The molecule has 0 fully saturated rings. The zero-order valence-corrected chi connectivity index (χ0v) is 22.8. The number of halogens is 1. The molecule has 6 rings (SSSR count). The van der Waals surface area contributed by atoms with Crippen LogP contribution in [-0.2, 0) is 6.54 Å². The molecule has 206 valence electrons. The minimum absolute atomic E-state index is 0.0791. The molecule has 0 amide bonds. The zero-order valence-electron chi connectivity index (χ0n) is 22.0. The van der Waals surface area contributed by atoms with Crippen molar-refractivity contribution in [3.63, 3.8) is 0 Å². The van der Waals surface area contributed by atoms with E-state index in [-0.39, 0.29) is 28.5 Å². The van der Waals surface area contributed by atoms with Gasteiger partial charge >= 0.3 is 11.9 Å². The van der Waals surface area contributed by atoms with Gasteiger partial charge in [-0.15, -0.1) is 0 Å². The molecule has 9 nitrogen and oxygen atoms in total. The fourth-order valence-corrected chi connectivity index (χ4v) is 4.92. The predicted molar refractivity (Wildman–Crippen MR) is 160 cm³/mol. The van der Waals surface area contributed by atoms with Gasteiger partial charge < -0.3 is 19.8 Å². The Hall–Kier alpha value is -4.99. The van der Waals surface area contributed by atoms with Crippen LogP contribution in [0.3, 0.4) is 0 Å². The summed E-state index contributed by atoms with van der Waals surface area (Å²) in [6.45, 7) is 0.0791. The average Bonchev–Trinajstić information content (AvgIpc) is 2.94. The standard InChI is InChI=1S/C29H18N2O6.C2H6ClN/c32-26-18-5-1-3-7-22(18)30-23-12-21-25(13-20(23)26)31(24-8-4-2-6-19(24)27(21)33)14-15-9-16(28(34)35)11-17(10-15)29(36)37;1-4(2)3/h1-13H,14H2,(H,30,32)(H,34,35)(H,36,37);1-2H3. The van der Waals surface area contributed by atoms with E-state index in [0.717, 1.165) is 6.07 Å². The maximum atomic E-state index is 13.5. The molecule has 0 aliphatic rings. The van der Waals surface area contributed by atoms with Gasteiger partial charge in [-0.2, -0.15) is 0 Å². The molecule has 0 aliphatic carbocycles. The second-order valence-electron chi connectivity index (χ2n) is 9.66. The van der Waals surface area contributed by atoms with Crippen molar-refractivity contribution in [2.75, 3.05) is 14.1 Å². The van der Waals surface area contributed by atoms with Gasteiger partial charge in [0, 0.05) is 47.7 Å². The molecule has 2 aromatic heterocycles. The van der Waals surface area contributed by atoms with Crippen molar-refractivity contribution in [1.29, 1.82) is 0 Å². The number of aromatic nitrogens is 2. The average molecular weight is 570 g/mol. The summed E-state index contributed by atoms with van der Waals surface area (Å²) >= 11 is 5.11. The Balaban J connectivity index is 0.000000794. The van der Waals surface area contributed by atoms with Crippen molar-refractivity contribution >= 4 is 67.3 Å². The van der Waals surface area contributed by atoms with E-state index < -0.39 is 11.9 Å². The van der Waals surface area contributed by atoms with Gasteiger partial charge in [0.2, 0.25) is 0 Å². The van der Waals surface area contributed by atoms with Crippen LogP contribution in [0.15, 0.2) is 88.5 Å². The molecule has 2 heterocycles. The number of H-pyrrole nitrogens is 1. The predicted octanol–water partition coefficient (Wildman–Crippen LogP) is 5.30. The molecule has 0 aliphatic heterocycles. The maximum Gasteiger partial charge on any atom is 0.335 e. The minimum atomic E-state index is -1.25. The minimum Gasteiger partial charge on any atom is -0.478 e. The number of benzene rings is 4. The molecule has 3 N–H and O–H groups in total. The van der Waals surface area contributed by atoms with Crippen molar-refractivity contribution in [3.05, 3.63) is 116 Å². The maximum absolute atomic E-state index is 13.5. The number of nitrogens with zero attached hydrogens (tertiary/aromatic N) is 2. The molecule has 0 bridgehead atoms. The van der Waals surface area contributed by atoms with E-state index in [1.165, 1.54) is 16.6 Å². The SMILES string of the molecule is CN(C)Cl.O=C(O)c1cc(Cn2c3ccccc3c(=O)c3cc4[nH]c5ccccc5c(=O)c4cc32)cc(C(=O)O)c1. The Labute approximate surface area is 237 Å². The summed E-state index contributed by atoms with van der Waals surface area (Å²) in [7, 11) is 3.53. The van der Waals surface area contributed by atoms with Gasteiger partial charge in [-0.3, -0.25) is 9.59 Å². The van der Waals surface area contributed by atoms with Gasteiger partial charge in [-0.1, -0.05) is 24.3 Å². The lowest BCUT2D eigenvalue weighted by Crippen LogP contribution is -2.14. The van der Waals surface area contributed by atoms with Crippen molar-refractivity contribution in [1.82, 2.24) is 14.0 Å². The Morgan fingerprint density at radius 1 is 0.732 bits per heavy atom. The normalized spacial score (nSPS) is 11.2. The number of aromatic amines is 1. The fourth-order valence-electron chi connectivity index (χ4n) is 4.92. The lowest BCUT2D eigenvalue weighted by atomic mass is 10.0. The highest BCUT2D eigenvalue weighted by atomic mass is 35.5. The lowest BCUT2D eigenvalue weighted by molar-refractivity contribution is 0.0696. The van der Waals surface area contributed by atoms with Crippen LogP contribution >= 0.6 is 11.8 Å². The number of hydrogen-bond donors (Lipinski definition) is 3. The molecule has 0 atom stereocenters. The van der Waals surface area contributed by atoms with Crippen molar-refractivity contribution in [2.24, 2.45) is 0 Å². The summed E-state index contributed by atoms with van der Waals surface area (Å²) in [6, 6.07) is 21.4. The van der Waals surface area contributed by atoms with Crippen LogP contribution < -0.4 is 10.9 Å². The molecule has 4 aromatic carbocycles. The molecule has 6 aromatic rings. The smallest absolute Gasteiger partial charge is 0.335 e. The molecule has 0 unspecified atom stereocenters. The van der Waals surface area contributed by atoms with Crippen LogP contribution in [0.5, 0.6) is 0 Å². The number of fused-ring (bicyclic) bond motifs is 4. The fraction of sp³-hybridized carbons (Fsp3) is 0.0968. The molecule has 41 heavy (non-hydrogen) atoms. The Morgan fingerprint density at radius 3 is 1.93 bits per heavy atom. The van der Waals surface area contributed by atoms with E-state index in [0.29, 0.717) is 49.2 Å². The highest BCUT2D eigenvalue weighted by Gasteiger charge is 2.17.